The summed E-state index contributed by atoms with van der Waals surface area (Å²) in [5.41, 5.74) is 6.02. The molecule has 1 aliphatic rings. The van der Waals surface area contributed by atoms with Gasteiger partial charge in [-0.1, -0.05) is 48.2 Å². The van der Waals surface area contributed by atoms with Crippen LogP contribution >= 0.6 is 11.8 Å². The number of thioether (sulfide) groups is 1. The van der Waals surface area contributed by atoms with Gasteiger partial charge >= 0.3 is 0 Å². The van der Waals surface area contributed by atoms with Crippen molar-refractivity contribution in [3.05, 3.63) is 94.2 Å². The number of para-hydroxylation sites is 2. The quantitative estimate of drug-likeness (QED) is 0.329. The van der Waals surface area contributed by atoms with E-state index in [1.165, 1.54) is 23.0 Å². The molecule has 32 heavy (non-hydrogen) atoms. The van der Waals surface area contributed by atoms with Gasteiger partial charge in [0.1, 0.15) is 5.39 Å². The van der Waals surface area contributed by atoms with Crippen LogP contribution in [0.2, 0.25) is 0 Å². The minimum absolute atomic E-state index is 0.181. The fraction of sp³-hybridized carbons (Fsp3) is 0.167. The molecule has 5 aromatic rings. The van der Waals surface area contributed by atoms with E-state index in [1.54, 1.807) is 10.9 Å². The van der Waals surface area contributed by atoms with E-state index in [2.05, 4.69) is 26.9 Å². The molecule has 2 aromatic carbocycles. The largest absolute Gasteiger partial charge is 0.301 e. The van der Waals surface area contributed by atoms with E-state index in [9.17, 15) is 4.79 Å². The van der Waals surface area contributed by atoms with Crippen LogP contribution in [-0.2, 0) is 18.6 Å². The summed E-state index contributed by atoms with van der Waals surface area (Å²) in [5, 5.41) is 10.3. The molecule has 0 aliphatic heterocycles. The summed E-state index contributed by atoms with van der Waals surface area (Å²) < 4.78 is 3.78. The fourth-order valence-corrected chi connectivity index (χ4v) is 5.10. The van der Waals surface area contributed by atoms with E-state index in [-0.39, 0.29) is 5.56 Å². The van der Waals surface area contributed by atoms with E-state index >= 15 is 0 Å². The molecule has 0 saturated heterocycles. The third kappa shape index (κ3) is 3.23. The first kappa shape index (κ1) is 19.1. The predicted octanol–water partition coefficient (Wildman–Crippen LogP) is 4.08. The van der Waals surface area contributed by atoms with Crippen LogP contribution in [0.3, 0.4) is 0 Å². The first-order valence-corrected chi connectivity index (χ1v) is 11.6. The van der Waals surface area contributed by atoms with Crippen LogP contribution in [0.15, 0.2) is 76.8 Å². The number of benzene rings is 2. The molecule has 7 nitrogen and oxygen atoms in total. The van der Waals surface area contributed by atoms with Crippen LogP contribution in [0.25, 0.3) is 22.4 Å². The molecule has 0 unspecified atom stereocenters. The number of H-pyrrole nitrogens is 1. The highest BCUT2D eigenvalue weighted by molar-refractivity contribution is 7.98. The molecule has 0 fully saturated rings. The minimum Gasteiger partial charge on any atom is -0.301 e. The molecule has 6 rings (SSSR count). The fourth-order valence-electron chi connectivity index (χ4n) is 4.27. The highest BCUT2D eigenvalue weighted by Gasteiger charge is 2.23. The van der Waals surface area contributed by atoms with Crippen molar-refractivity contribution in [2.45, 2.75) is 30.2 Å². The lowest BCUT2D eigenvalue weighted by Crippen LogP contribution is -2.10. The smallest absolute Gasteiger partial charge is 0.262 e. The lowest BCUT2D eigenvalue weighted by molar-refractivity contribution is 0.771. The molecule has 0 spiro atoms. The SMILES string of the molecule is O=c1[nH]c(SCc2nn(-c3ccccc3)c3c2CCC3)nc2c1cnn2-c1ccccc1. The first-order valence-electron chi connectivity index (χ1n) is 10.6. The Labute approximate surface area is 188 Å². The van der Waals surface area contributed by atoms with Gasteiger partial charge in [0.15, 0.2) is 10.8 Å². The van der Waals surface area contributed by atoms with E-state index in [1.807, 2.05) is 48.5 Å². The Balaban J connectivity index is 1.33. The monoisotopic (exact) mass is 440 g/mol. The molecule has 0 bridgehead atoms. The van der Waals surface area contributed by atoms with Crippen molar-refractivity contribution in [3.8, 4) is 11.4 Å². The number of aromatic nitrogens is 6. The Hall–Kier alpha value is -3.65. The number of fused-ring (bicyclic) bond motifs is 2. The number of aromatic amines is 1. The second-order valence-electron chi connectivity index (χ2n) is 7.76. The summed E-state index contributed by atoms with van der Waals surface area (Å²) in [6.07, 6.45) is 4.80. The zero-order valence-electron chi connectivity index (χ0n) is 17.2. The Morgan fingerprint density at radius 2 is 1.66 bits per heavy atom. The summed E-state index contributed by atoms with van der Waals surface area (Å²) in [4.78, 5) is 20.3. The van der Waals surface area contributed by atoms with Crippen LogP contribution < -0.4 is 5.56 Å². The maximum Gasteiger partial charge on any atom is 0.262 e. The Bertz CT molecular complexity index is 1470. The first-order chi connectivity index (χ1) is 15.8. The van der Waals surface area contributed by atoms with Gasteiger partial charge in [0.25, 0.3) is 5.56 Å². The third-order valence-corrected chi connectivity index (χ3v) is 6.66. The van der Waals surface area contributed by atoms with Crippen LogP contribution in [0.4, 0.5) is 0 Å². The van der Waals surface area contributed by atoms with Crippen molar-refractivity contribution in [1.82, 2.24) is 29.5 Å². The van der Waals surface area contributed by atoms with E-state index in [0.29, 0.717) is 21.9 Å². The highest BCUT2D eigenvalue weighted by atomic mass is 32.2. The Morgan fingerprint density at radius 1 is 0.938 bits per heavy atom. The summed E-state index contributed by atoms with van der Waals surface area (Å²) in [7, 11) is 0. The topological polar surface area (TPSA) is 81.4 Å². The average molecular weight is 441 g/mol. The second-order valence-corrected chi connectivity index (χ2v) is 8.73. The number of rotatable bonds is 5. The molecule has 3 aromatic heterocycles. The van der Waals surface area contributed by atoms with Crippen molar-refractivity contribution >= 4 is 22.8 Å². The molecule has 0 radical (unpaired) electrons. The van der Waals surface area contributed by atoms with E-state index in [0.717, 1.165) is 36.3 Å². The van der Waals surface area contributed by atoms with Gasteiger partial charge in [0, 0.05) is 11.4 Å². The molecule has 1 aliphatic carbocycles. The zero-order chi connectivity index (χ0) is 21.5. The number of hydrogen-bond donors (Lipinski definition) is 1. The Kier molecular flexibility index (Phi) is 4.65. The number of hydrogen-bond acceptors (Lipinski definition) is 5. The van der Waals surface area contributed by atoms with Gasteiger partial charge in [-0.15, -0.1) is 0 Å². The van der Waals surface area contributed by atoms with Crippen molar-refractivity contribution < 1.29 is 0 Å². The van der Waals surface area contributed by atoms with Gasteiger partial charge in [0.05, 0.1) is 23.3 Å². The molecule has 158 valence electrons. The maximum atomic E-state index is 12.6. The third-order valence-electron chi connectivity index (χ3n) is 5.78. The second kappa shape index (κ2) is 7.80. The standard InChI is InChI=1S/C24H20N6OS/c31-23-19-14-25-30(17-10-5-2-6-11-17)22(19)26-24(27-23)32-15-20-18-12-7-13-21(18)29(28-20)16-8-3-1-4-9-16/h1-6,8-11,14H,7,12-13,15H2,(H,26,27,31). The molecule has 0 amide bonds. The van der Waals surface area contributed by atoms with Crippen LogP contribution in [0, 0.1) is 0 Å². The van der Waals surface area contributed by atoms with Crippen LogP contribution in [0.5, 0.6) is 0 Å². The van der Waals surface area contributed by atoms with Gasteiger partial charge in [-0.05, 0) is 49.1 Å². The van der Waals surface area contributed by atoms with Crippen molar-refractivity contribution in [3.63, 3.8) is 0 Å². The number of nitrogens with one attached hydrogen (secondary N) is 1. The van der Waals surface area contributed by atoms with Gasteiger partial charge in [-0.3, -0.25) is 4.79 Å². The molecule has 8 heteroatoms. The maximum absolute atomic E-state index is 12.6. The van der Waals surface area contributed by atoms with Crippen molar-refractivity contribution in [2.24, 2.45) is 0 Å². The highest BCUT2D eigenvalue weighted by Crippen LogP contribution is 2.31. The predicted molar refractivity (Wildman–Crippen MR) is 125 cm³/mol. The minimum atomic E-state index is -0.181. The lowest BCUT2D eigenvalue weighted by Gasteiger charge is -2.05. The Morgan fingerprint density at radius 3 is 2.41 bits per heavy atom. The van der Waals surface area contributed by atoms with Crippen molar-refractivity contribution in [2.75, 3.05) is 0 Å². The van der Waals surface area contributed by atoms with Gasteiger partial charge in [-0.2, -0.15) is 10.2 Å². The van der Waals surface area contributed by atoms with Gasteiger partial charge in [-0.25, -0.2) is 14.3 Å². The summed E-state index contributed by atoms with van der Waals surface area (Å²) in [6, 6.07) is 20.0. The van der Waals surface area contributed by atoms with Crippen molar-refractivity contribution in [1.29, 1.82) is 0 Å². The van der Waals surface area contributed by atoms with E-state index in [4.69, 9.17) is 10.1 Å². The van der Waals surface area contributed by atoms with E-state index < -0.39 is 0 Å². The molecule has 0 saturated carbocycles. The zero-order valence-corrected chi connectivity index (χ0v) is 18.0. The van der Waals surface area contributed by atoms with Crippen LogP contribution in [0.1, 0.15) is 23.4 Å². The van der Waals surface area contributed by atoms with Crippen LogP contribution in [-0.4, -0.2) is 29.5 Å². The van der Waals surface area contributed by atoms with Gasteiger partial charge in [0.2, 0.25) is 0 Å². The summed E-state index contributed by atoms with van der Waals surface area (Å²) in [5.74, 6) is 0.649. The average Bonchev–Trinajstić information content (AvgIpc) is 3.55. The summed E-state index contributed by atoms with van der Waals surface area (Å²) in [6.45, 7) is 0. The number of nitrogens with zero attached hydrogens (tertiary/aromatic N) is 5. The molecule has 3 heterocycles. The van der Waals surface area contributed by atoms with Gasteiger partial charge < -0.3 is 4.98 Å². The molecule has 0 atom stereocenters. The molecular weight excluding hydrogens is 420 g/mol. The normalized spacial score (nSPS) is 13.0. The summed E-state index contributed by atoms with van der Waals surface area (Å²) >= 11 is 1.50. The molecular formula is C24H20N6OS. The molecule has 1 N–H and O–H groups in total. The lowest BCUT2D eigenvalue weighted by atomic mass is 10.2.